The normalized spacial score (nSPS) is 16.8. The van der Waals surface area contributed by atoms with E-state index in [4.69, 9.17) is 4.98 Å². The number of rotatable bonds is 10. The summed E-state index contributed by atoms with van der Waals surface area (Å²) in [4.78, 5) is 44.1. The van der Waals surface area contributed by atoms with Crippen LogP contribution in [0.15, 0.2) is 36.4 Å². The summed E-state index contributed by atoms with van der Waals surface area (Å²) in [5, 5.41) is 19.2. The van der Waals surface area contributed by atoms with Crippen molar-refractivity contribution in [2.45, 2.75) is 51.5 Å². The van der Waals surface area contributed by atoms with Crippen molar-refractivity contribution in [3.63, 3.8) is 0 Å². The van der Waals surface area contributed by atoms with Crippen molar-refractivity contribution in [2.75, 3.05) is 38.0 Å². The number of carboxylic acids is 1. The summed E-state index contributed by atoms with van der Waals surface area (Å²) in [6, 6.07) is 10.2. The molecular weight excluding hydrogens is 470 g/mol. The van der Waals surface area contributed by atoms with Crippen molar-refractivity contribution in [2.24, 2.45) is 5.92 Å². The predicted molar refractivity (Wildman–Crippen MR) is 142 cm³/mol. The van der Waals surface area contributed by atoms with Crippen molar-refractivity contribution in [3.05, 3.63) is 58.8 Å². The van der Waals surface area contributed by atoms with Crippen LogP contribution in [0.2, 0.25) is 0 Å². The molecule has 9 heteroatoms. The number of anilines is 1. The maximum absolute atomic E-state index is 12.8. The largest absolute Gasteiger partial charge is 0.480 e. The van der Waals surface area contributed by atoms with Crippen LogP contribution >= 0.6 is 0 Å². The summed E-state index contributed by atoms with van der Waals surface area (Å²) in [7, 11) is 0. The third-order valence-electron chi connectivity index (χ3n) is 7.20. The number of aromatic nitrogens is 1. The second-order valence-electron chi connectivity index (χ2n) is 9.73. The van der Waals surface area contributed by atoms with E-state index < -0.39 is 12.0 Å². The monoisotopic (exact) mass is 507 g/mol. The molecule has 1 fully saturated rings. The average molecular weight is 508 g/mol. The Morgan fingerprint density at radius 1 is 1.14 bits per heavy atom. The van der Waals surface area contributed by atoms with Crippen molar-refractivity contribution in [1.29, 1.82) is 0 Å². The number of piperidine rings is 1. The van der Waals surface area contributed by atoms with Gasteiger partial charge in [-0.3, -0.25) is 19.3 Å². The van der Waals surface area contributed by atoms with Crippen LogP contribution in [0.1, 0.15) is 65.8 Å². The van der Waals surface area contributed by atoms with Crippen molar-refractivity contribution < 1.29 is 19.5 Å². The molecule has 1 aromatic heterocycles. The average Bonchev–Trinajstić information content (AvgIpc) is 2.91. The number of fused-ring (bicyclic) bond motifs is 1. The highest BCUT2D eigenvalue weighted by Gasteiger charge is 2.34. The molecule has 0 aliphatic carbocycles. The van der Waals surface area contributed by atoms with E-state index in [0.29, 0.717) is 50.1 Å². The molecule has 2 aromatic rings. The second-order valence-corrected chi connectivity index (χ2v) is 9.73. The van der Waals surface area contributed by atoms with Gasteiger partial charge in [-0.1, -0.05) is 24.3 Å². The summed E-state index contributed by atoms with van der Waals surface area (Å²) >= 11 is 0. The highest BCUT2D eigenvalue weighted by molar-refractivity contribution is 5.97. The van der Waals surface area contributed by atoms with Gasteiger partial charge in [0.2, 0.25) is 5.91 Å². The summed E-state index contributed by atoms with van der Waals surface area (Å²) < 4.78 is 0. The van der Waals surface area contributed by atoms with Gasteiger partial charge in [-0.15, -0.1) is 0 Å². The highest BCUT2D eigenvalue weighted by Crippen LogP contribution is 2.29. The van der Waals surface area contributed by atoms with Crippen molar-refractivity contribution >= 4 is 23.6 Å². The molecule has 1 aromatic carbocycles. The second kappa shape index (κ2) is 12.7. The first kappa shape index (κ1) is 26.6. The van der Waals surface area contributed by atoms with Crippen LogP contribution in [-0.4, -0.2) is 65.5 Å². The third kappa shape index (κ3) is 6.65. The van der Waals surface area contributed by atoms with Gasteiger partial charge in [-0.05, 0) is 68.7 Å². The van der Waals surface area contributed by atoms with Gasteiger partial charge in [0.25, 0.3) is 5.91 Å². The lowest BCUT2D eigenvalue weighted by atomic mass is 9.92. The summed E-state index contributed by atoms with van der Waals surface area (Å²) in [5.74, 6) is -0.399. The minimum Gasteiger partial charge on any atom is -0.480 e. The van der Waals surface area contributed by atoms with Crippen molar-refractivity contribution in [1.82, 2.24) is 20.5 Å². The van der Waals surface area contributed by atoms with Gasteiger partial charge >= 0.3 is 5.97 Å². The number of aryl methyl sites for hydroxylation is 2. The Balaban J connectivity index is 1.27. The zero-order chi connectivity index (χ0) is 26.2. The fourth-order valence-electron chi connectivity index (χ4n) is 5.24. The van der Waals surface area contributed by atoms with Gasteiger partial charge in [-0.2, -0.15) is 0 Å². The first-order valence-corrected chi connectivity index (χ1v) is 13.3. The highest BCUT2D eigenvalue weighted by atomic mass is 16.4. The minimum atomic E-state index is -0.995. The molecule has 4 N–H and O–H groups in total. The predicted octanol–water partition coefficient (Wildman–Crippen LogP) is 2.78. The molecule has 0 spiro atoms. The van der Waals surface area contributed by atoms with Crippen LogP contribution in [0.5, 0.6) is 0 Å². The molecule has 37 heavy (non-hydrogen) atoms. The van der Waals surface area contributed by atoms with E-state index in [9.17, 15) is 19.5 Å². The number of hydrogen-bond acceptors (Lipinski definition) is 6. The van der Waals surface area contributed by atoms with Crippen LogP contribution < -0.4 is 16.0 Å². The Bertz CT molecular complexity index is 1110. The summed E-state index contributed by atoms with van der Waals surface area (Å²) in [6.07, 6.45) is 4.98. The quantitative estimate of drug-likeness (QED) is 0.365. The number of carboxylic acid groups (broad SMARTS) is 1. The minimum absolute atomic E-state index is 0.0225. The lowest BCUT2D eigenvalue weighted by molar-refractivity contribution is -0.144. The molecule has 2 aliphatic rings. The number of likely N-dealkylation sites (tertiary alicyclic amines) is 1. The Labute approximate surface area is 218 Å². The molecule has 2 amide bonds. The molecule has 0 bridgehead atoms. The lowest BCUT2D eigenvalue weighted by Gasteiger charge is -2.35. The maximum atomic E-state index is 12.8. The number of nitrogens with one attached hydrogen (secondary N) is 3. The van der Waals surface area contributed by atoms with E-state index in [-0.39, 0.29) is 17.7 Å². The molecule has 1 unspecified atom stereocenters. The van der Waals surface area contributed by atoms with E-state index in [1.54, 1.807) is 24.3 Å². The molecule has 1 saturated heterocycles. The number of carbonyl (C=O) groups is 3. The smallest absolute Gasteiger partial charge is 0.325 e. The number of pyridine rings is 1. The van der Waals surface area contributed by atoms with Gasteiger partial charge in [0.1, 0.15) is 11.9 Å². The van der Waals surface area contributed by atoms with E-state index in [1.165, 1.54) is 5.56 Å². The fourth-order valence-corrected chi connectivity index (χ4v) is 5.24. The zero-order valence-corrected chi connectivity index (χ0v) is 21.5. The Morgan fingerprint density at radius 3 is 2.68 bits per heavy atom. The number of benzene rings is 1. The van der Waals surface area contributed by atoms with E-state index >= 15 is 0 Å². The number of nitrogens with zero attached hydrogens (tertiary/aromatic N) is 2. The van der Waals surface area contributed by atoms with Crippen LogP contribution in [0.3, 0.4) is 0 Å². The third-order valence-corrected chi connectivity index (χ3v) is 7.20. The molecule has 0 saturated carbocycles. The first-order chi connectivity index (χ1) is 18.0. The number of amides is 2. The van der Waals surface area contributed by atoms with Gasteiger partial charge < -0.3 is 21.1 Å². The Morgan fingerprint density at radius 2 is 1.92 bits per heavy atom. The zero-order valence-electron chi connectivity index (χ0n) is 21.5. The molecule has 4 rings (SSSR count). The first-order valence-electron chi connectivity index (χ1n) is 13.3. The summed E-state index contributed by atoms with van der Waals surface area (Å²) in [5.41, 5.74) is 3.16. The SMILES string of the molecule is CCNC(=O)c1ccccc1C(C(=O)O)N1CCC(C(=O)NCCCc2ccc3c(n2)NCCC3)CC1. The molecule has 9 nitrogen and oxygen atoms in total. The molecule has 2 aliphatic heterocycles. The molecule has 0 radical (unpaired) electrons. The van der Waals surface area contributed by atoms with E-state index in [2.05, 4.69) is 28.1 Å². The van der Waals surface area contributed by atoms with Gasteiger partial charge in [0, 0.05) is 49.9 Å². The number of carbonyl (C=O) groups excluding carboxylic acids is 2. The lowest BCUT2D eigenvalue weighted by Crippen LogP contribution is -2.44. The van der Waals surface area contributed by atoms with Gasteiger partial charge in [-0.25, -0.2) is 4.98 Å². The number of hydrogen-bond donors (Lipinski definition) is 4. The van der Waals surface area contributed by atoms with E-state index in [0.717, 1.165) is 43.7 Å². The fraction of sp³-hybridized carbons (Fsp3) is 0.500. The van der Waals surface area contributed by atoms with Crippen LogP contribution in [-0.2, 0) is 22.4 Å². The maximum Gasteiger partial charge on any atom is 0.325 e. The summed E-state index contributed by atoms with van der Waals surface area (Å²) in [6.45, 7) is 4.80. The Hall–Kier alpha value is -3.46. The molecule has 198 valence electrons. The molecular formula is C28H37N5O4. The van der Waals surface area contributed by atoms with Crippen molar-refractivity contribution in [3.8, 4) is 0 Å². The van der Waals surface area contributed by atoms with Crippen LogP contribution in [0, 0.1) is 5.92 Å². The molecule has 3 heterocycles. The Kier molecular flexibility index (Phi) is 9.11. The standard InChI is InChI=1S/C28H37N5O4/c1-2-29-27(35)23-10-4-3-9-22(23)24(28(36)37)33-17-13-20(14-18-33)26(34)31-16-6-8-21-12-11-19-7-5-15-30-25(19)32-21/h3-4,9-12,20,24H,2,5-8,13-18H2,1H3,(H,29,35)(H,30,32)(H,31,34)(H,36,37). The van der Waals surface area contributed by atoms with Gasteiger partial charge in [0.05, 0.1) is 0 Å². The molecule has 1 atom stereocenters. The van der Waals surface area contributed by atoms with E-state index in [1.807, 2.05) is 11.8 Å². The number of aliphatic carboxylic acids is 1. The van der Waals surface area contributed by atoms with Crippen LogP contribution in [0.25, 0.3) is 0 Å². The topological polar surface area (TPSA) is 124 Å². The van der Waals surface area contributed by atoms with Gasteiger partial charge in [0.15, 0.2) is 0 Å². The van der Waals surface area contributed by atoms with Crippen LogP contribution in [0.4, 0.5) is 5.82 Å².